The number of hydrogen-bond acceptors (Lipinski definition) is 5. The van der Waals surface area contributed by atoms with Crippen LogP contribution in [-0.2, 0) is 6.54 Å². The molecule has 29 heavy (non-hydrogen) atoms. The molecule has 4 aromatic rings. The number of nitrogen functional groups attached to an aromatic ring is 1. The Labute approximate surface area is 167 Å². The third-order valence-electron chi connectivity index (χ3n) is 4.59. The Morgan fingerprint density at radius 2 is 1.76 bits per heavy atom. The predicted molar refractivity (Wildman–Crippen MR) is 109 cm³/mol. The van der Waals surface area contributed by atoms with Crippen LogP contribution in [0.5, 0.6) is 0 Å². The van der Waals surface area contributed by atoms with E-state index in [2.05, 4.69) is 16.3 Å². The molecule has 0 unspecified atom stereocenters. The Morgan fingerprint density at radius 3 is 2.45 bits per heavy atom. The van der Waals surface area contributed by atoms with E-state index in [1.807, 2.05) is 47.5 Å². The minimum atomic E-state index is -0.389. The van der Waals surface area contributed by atoms with E-state index in [9.17, 15) is 9.65 Å². The summed E-state index contributed by atoms with van der Waals surface area (Å²) in [7, 11) is 0. The lowest BCUT2D eigenvalue weighted by atomic mass is 9.99. The zero-order chi connectivity index (χ0) is 20.2. The van der Waals surface area contributed by atoms with Crippen molar-refractivity contribution in [3.63, 3.8) is 0 Å². The van der Waals surface area contributed by atoms with E-state index in [0.29, 0.717) is 16.8 Å². The summed E-state index contributed by atoms with van der Waals surface area (Å²) in [4.78, 5) is 0. The summed E-state index contributed by atoms with van der Waals surface area (Å²) in [5, 5.41) is 19.1. The third-order valence-corrected chi connectivity index (χ3v) is 4.59. The number of nitrogens with two attached hydrogens (primary N) is 1. The SMILES string of the molecule is N#Cc1ccc(N(Cc2ccc(N)cc2F)n2cnnc2)cc1-c1ccccc1. The summed E-state index contributed by atoms with van der Waals surface area (Å²) in [6.07, 6.45) is 3.07. The summed E-state index contributed by atoms with van der Waals surface area (Å²) < 4.78 is 16.1. The van der Waals surface area contributed by atoms with Crippen molar-refractivity contribution in [3.8, 4) is 17.2 Å². The van der Waals surface area contributed by atoms with Gasteiger partial charge in [-0.05, 0) is 35.9 Å². The lowest BCUT2D eigenvalue weighted by Gasteiger charge is -2.26. The summed E-state index contributed by atoms with van der Waals surface area (Å²) >= 11 is 0. The molecule has 0 aliphatic rings. The molecule has 0 aliphatic heterocycles. The molecular weight excluding hydrogens is 367 g/mol. The van der Waals surface area contributed by atoms with E-state index in [-0.39, 0.29) is 12.4 Å². The normalized spacial score (nSPS) is 10.5. The van der Waals surface area contributed by atoms with Crippen LogP contribution in [0.3, 0.4) is 0 Å². The van der Waals surface area contributed by atoms with Crippen molar-refractivity contribution in [2.75, 3.05) is 10.7 Å². The first-order chi connectivity index (χ1) is 14.2. The summed E-state index contributed by atoms with van der Waals surface area (Å²) in [5.74, 6) is -0.389. The average Bonchev–Trinajstić information content (AvgIpc) is 3.28. The minimum Gasteiger partial charge on any atom is -0.399 e. The number of nitriles is 1. The van der Waals surface area contributed by atoms with Gasteiger partial charge in [-0.3, -0.25) is 5.01 Å². The van der Waals surface area contributed by atoms with Crippen molar-refractivity contribution in [1.82, 2.24) is 14.9 Å². The second kappa shape index (κ2) is 7.82. The number of nitrogens with zero attached hydrogens (tertiary/aromatic N) is 5. The molecule has 0 bridgehead atoms. The van der Waals surface area contributed by atoms with Gasteiger partial charge in [0.15, 0.2) is 0 Å². The molecular formula is C22H17FN6. The van der Waals surface area contributed by atoms with E-state index in [1.165, 1.54) is 18.7 Å². The summed E-state index contributed by atoms with van der Waals surface area (Å²) in [6.45, 7) is 0.226. The van der Waals surface area contributed by atoms with E-state index >= 15 is 0 Å². The average molecular weight is 384 g/mol. The van der Waals surface area contributed by atoms with Crippen molar-refractivity contribution in [1.29, 1.82) is 5.26 Å². The maximum absolute atomic E-state index is 14.4. The third kappa shape index (κ3) is 3.77. The van der Waals surface area contributed by atoms with Crippen LogP contribution in [0.25, 0.3) is 11.1 Å². The molecule has 0 atom stereocenters. The Bertz CT molecular complexity index is 1170. The van der Waals surface area contributed by atoms with Gasteiger partial charge in [-0.25, -0.2) is 9.07 Å². The second-order valence-corrected chi connectivity index (χ2v) is 6.46. The second-order valence-electron chi connectivity index (χ2n) is 6.46. The molecule has 0 saturated carbocycles. The quantitative estimate of drug-likeness (QED) is 0.526. The van der Waals surface area contributed by atoms with Crippen LogP contribution in [0.2, 0.25) is 0 Å². The highest BCUT2D eigenvalue weighted by Gasteiger charge is 2.15. The number of hydrogen-bond donors (Lipinski definition) is 1. The van der Waals surface area contributed by atoms with Crippen LogP contribution in [0.1, 0.15) is 11.1 Å². The van der Waals surface area contributed by atoms with Gasteiger partial charge in [0.25, 0.3) is 0 Å². The molecule has 0 saturated heterocycles. The monoisotopic (exact) mass is 384 g/mol. The van der Waals surface area contributed by atoms with Gasteiger partial charge in [0, 0.05) is 16.8 Å². The molecule has 1 aromatic heterocycles. The molecule has 1 heterocycles. The van der Waals surface area contributed by atoms with E-state index in [1.54, 1.807) is 22.9 Å². The Hall–Kier alpha value is -4.18. The van der Waals surface area contributed by atoms with Gasteiger partial charge in [-0.15, -0.1) is 10.2 Å². The van der Waals surface area contributed by atoms with Gasteiger partial charge in [0.2, 0.25) is 0 Å². The fourth-order valence-corrected chi connectivity index (χ4v) is 3.13. The number of aromatic nitrogens is 3. The van der Waals surface area contributed by atoms with Crippen LogP contribution in [0, 0.1) is 17.1 Å². The molecule has 6 nitrogen and oxygen atoms in total. The van der Waals surface area contributed by atoms with Gasteiger partial charge in [-0.2, -0.15) is 5.26 Å². The molecule has 142 valence electrons. The molecule has 0 aliphatic carbocycles. The van der Waals surface area contributed by atoms with Crippen LogP contribution in [-0.4, -0.2) is 14.9 Å². The van der Waals surface area contributed by atoms with Crippen molar-refractivity contribution in [2.45, 2.75) is 6.54 Å². The van der Waals surface area contributed by atoms with Crippen molar-refractivity contribution >= 4 is 11.4 Å². The first kappa shape index (κ1) is 18.2. The fraction of sp³-hybridized carbons (Fsp3) is 0.0455. The highest BCUT2D eigenvalue weighted by Crippen LogP contribution is 2.29. The maximum atomic E-state index is 14.4. The Kier molecular flexibility index (Phi) is 4.91. The maximum Gasteiger partial charge on any atom is 0.139 e. The van der Waals surface area contributed by atoms with Crippen LogP contribution in [0.4, 0.5) is 15.8 Å². The predicted octanol–water partition coefficient (Wildman–Crippen LogP) is 4.01. The number of halogens is 1. The highest BCUT2D eigenvalue weighted by atomic mass is 19.1. The molecule has 7 heteroatoms. The molecule has 0 spiro atoms. The Morgan fingerprint density at radius 1 is 1.00 bits per heavy atom. The van der Waals surface area contributed by atoms with Gasteiger partial charge in [-0.1, -0.05) is 36.4 Å². The standard InChI is InChI=1S/C22H17FN6/c23-22-10-19(25)8-6-18(22)13-29(28-14-26-27-15-28)20-9-7-17(12-24)21(11-20)16-4-2-1-3-5-16/h1-11,14-15H,13,25H2. The van der Waals surface area contributed by atoms with Crippen molar-refractivity contribution in [3.05, 3.63) is 96.3 Å². The zero-order valence-corrected chi connectivity index (χ0v) is 15.4. The largest absolute Gasteiger partial charge is 0.399 e. The van der Waals surface area contributed by atoms with E-state index < -0.39 is 0 Å². The van der Waals surface area contributed by atoms with Crippen LogP contribution in [0.15, 0.2) is 79.4 Å². The molecule has 0 amide bonds. The lowest BCUT2D eigenvalue weighted by Crippen LogP contribution is -2.28. The van der Waals surface area contributed by atoms with Crippen molar-refractivity contribution in [2.24, 2.45) is 0 Å². The lowest BCUT2D eigenvalue weighted by molar-refractivity contribution is 0.593. The fourth-order valence-electron chi connectivity index (χ4n) is 3.13. The molecule has 2 N–H and O–H groups in total. The van der Waals surface area contributed by atoms with Crippen LogP contribution < -0.4 is 10.7 Å². The molecule has 4 rings (SSSR count). The topological polar surface area (TPSA) is 83.8 Å². The molecule has 0 radical (unpaired) electrons. The van der Waals surface area contributed by atoms with Crippen molar-refractivity contribution < 1.29 is 4.39 Å². The highest BCUT2D eigenvalue weighted by molar-refractivity contribution is 5.74. The van der Waals surface area contributed by atoms with Crippen LogP contribution >= 0.6 is 0 Å². The smallest absolute Gasteiger partial charge is 0.139 e. The number of benzene rings is 3. The first-order valence-corrected chi connectivity index (χ1v) is 8.91. The number of anilines is 2. The first-order valence-electron chi connectivity index (χ1n) is 8.91. The molecule has 3 aromatic carbocycles. The van der Waals surface area contributed by atoms with E-state index in [4.69, 9.17) is 5.73 Å². The van der Waals surface area contributed by atoms with Gasteiger partial charge >= 0.3 is 0 Å². The van der Waals surface area contributed by atoms with Gasteiger partial charge in [0.1, 0.15) is 18.5 Å². The van der Waals surface area contributed by atoms with E-state index in [0.717, 1.165) is 16.8 Å². The van der Waals surface area contributed by atoms with Gasteiger partial charge in [0.05, 0.1) is 23.9 Å². The minimum absolute atomic E-state index is 0.226. The number of rotatable bonds is 5. The summed E-state index contributed by atoms with van der Waals surface area (Å²) in [6, 6.07) is 22.0. The zero-order valence-electron chi connectivity index (χ0n) is 15.4. The Balaban J connectivity index is 1.80. The summed E-state index contributed by atoms with van der Waals surface area (Å²) in [5.41, 5.74) is 9.55. The molecule has 0 fully saturated rings. The van der Waals surface area contributed by atoms with Gasteiger partial charge < -0.3 is 5.73 Å².